The molecule has 0 aromatic heterocycles. The van der Waals surface area contributed by atoms with Gasteiger partial charge in [-0.05, 0) is 37.0 Å². The predicted octanol–water partition coefficient (Wildman–Crippen LogP) is 1.70. The molecule has 0 aliphatic heterocycles. The van der Waals surface area contributed by atoms with Crippen LogP contribution in [0.5, 0.6) is 5.75 Å². The van der Waals surface area contributed by atoms with E-state index in [0.717, 1.165) is 31.6 Å². The van der Waals surface area contributed by atoms with Gasteiger partial charge in [-0.2, -0.15) is 0 Å². The van der Waals surface area contributed by atoms with Crippen molar-refractivity contribution in [2.24, 2.45) is 0 Å². The van der Waals surface area contributed by atoms with Gasteiger partial charge in [0.15, 0.2) is 0 Å². The largest absolute Gasteiger partial charge is 0.497 e. The quantitative estimate of drug-likeness (QED) is 0.813. The fourth-order valence-corrected chi connectivity index (χ4v) is 2.21. The van der Waals surface area contributed by atoms with Crippen molar-refractivity contribution >= 4 is 0 Å². The molecule has 2 atom stereocenters. The Labute approximate surface area is 96.4 Å². The van der Waals surface area contributed by atoms with E-state index in [-0.39, 0.29) is 12.1 Å². The van der Waals surface area contributed by atoms with Crippen LogP contribution >= 0.6 is 0 Å². The Balaban J connectivity index is 1.88. The number of hydrogen-bond acceptors (Lipinski definition) is 3. The zero-order valence-electron chi connectivity index (χ0n) is 9.65. The van der Waals surface area contributed by atoms with E-state index >= 15 is 0 Å². The molecule has 3 heteroatoms. The monoisotopic (exact) mass is 221 g/mol. The predicted molar refractivity (Wildman–Crippen MR) is 63.5 cm³/mol. The van der Waals surface area contributed by atoms with E-state index in [1.54, 1.807) is 7.11 Å². The summed E-state index contributed by atoms with van der Waals surface area (Å²) in [5, 5.41) is 13.1. The third-order valence-electron chi connectivity index (χ3n) is 3.18. The number of ether oxygens (including phenoxy) is 1. The molecule has 0 heterocycles. The lowest BCUT2D eigenvalue weighted by Gasteiger charge is -2.16. The Kier molecular flexibility index (Phi) is 3.80. The maximum absolute atomic E-state index is 9.68. The molecule has 0 bridgehead atoms. The van der Waals surface area contributed by atoms with E-state index in [9.17, 15) is 5.11 Å². The second kappa shape index (κ2) is 5.32. The Morgan fingerprint density at radius 1 is 1.44 bits per heavy atom. The SMILES string of the molecule is COc1cccc(CN[C@H]2CCC[C@@H]2O)c1. The summed E-state index contributed by atoms with van der Waals surface area (Å²) in [5.41, 5.74) is 1.19. The lowest BCUT2D eigenvalue weighted by molar-refractivity contribution is 0.148. The van der Waals surface area contributed by atoms with Crippen LogP contribution < -0.4 is 10.1 Å². The summed E-state index contributed by atoms with van der Waals surface area (Å²) < 4.78 is 5.17. The van der Waals surface area contributed by atoms with Gasteiger partial charge in [0.2, 0.25) is 0 Å². The van der Waals surface area contributed by atoms with E-state index < -0.39 is 0 Å². The summed E-state index contributed by atoms with van der Waals surface area (Å²) in [7, 11) is 1.67. The fraction of sp³-hybridized carbons (Fsp3) is 0.538. The first kappa shape index (κ1) is 11.4. The normalized spacial score (nSPS) is 24.6. The van der Waals surface area contributed by atoms with Gasteiger partial charge in [-0.1, -0.05) is 12.1 Å². The molecule has 0 unspecified atom stereocenters. The van der Waals surface area contributed by atoms with Crippen molar-refractivity contribution in [3.8, 4) is 5.75 Å². The van der Waals surface area contributed by atoms with E-state index in [2.05, 4.69) is 11.4 Å². The summed E-state index contributed by atoms with van der Waals surface area (Å²) in [4.78, 5) is 0. The van der Waals surface area contributed by atoms with Crippen LogP contribution in [0.25, 0.3) is 0 Å². The lowest BCUT2D eigenvalue weighted by Crippen LogP contribution is -2.34. The average Bonchev–Trinajstić information content (AvgIpc) is 2.72. The Bertz CT molecular complexity index is 340. The summed E-state index contributed by atoms with van der Waals surface area (Å²) in [5.74, 6) is 0.881. The maximum atomic E-state index is 9.68. The van der Waals surface area contributed by atoms with Gasteiger partial charge >= 0.3 is 0 Å². The second-order valence-electron chi connectivity index (χ2n) is 4.34. The average molecular weight is 221 g/mol. The van der Waals surface area contributed by atoms with Gasteiger partial charge in [0, 0.05) is 12.6 Å². The van der Waals surface area contributed by atoms with Crippen LogP contribution in [0, 0.1) is 0 Å². The highest BCUT2D eigenvalue weighted by molar-refractivity contribution is 5.28. The molecule has 1 fully saturated rings. The van der Waals surface area contributed by atoms with Crippen LogP contribution in [0.15, 0.2) is 24.3 Å². The van der Waals surface area contributed by atoms with Gasteiger partial charge in [-0.3, -0.25) is 0 Å². The molecule has 2 N–H and O–H groups in total. The molecule has 0 saturated heterocycles. The topological polar surface area (TPSA) is 41.5 Å². The van der Waals surface area contributed by atoms with Gasteiger partial charge in [-0.25, -0.2) is 0 Å². The van der Waals surface area contributed by atoms with Crippen molar-refractivity contribution in [1.82, 2.24) is 5.32 Å². The van der Waals surface area contributed by atoms with Gasteiger partial charge in [-0.15, -0.1) is 0 Å². The molecule has 0 radical (unpaired) electrons. The summed E-state index contributed by atoms with van der Waals surface area (Å²) >= 11 is 0. The van der Waals surface area contributed by atoms with Gasteiger partial charge in [0.05, 0.1) is 13.2 Å². The smallest absolute Gasteiger partial charge is 0.119 e. The summed E-state index contributed by atoms with van der Waals surface area (Å²) in [6.45, 7) is 0.791. The van der Waals surface area contributed by atoms with E-state index in [4.69, 9.17) is 4.74 Å². The van der Waals surface area contributed by atoms with Gasteiger partial charge in [0.25, 0.3) is 0 Å². The molecule has 16 heavy (non-hydrogen) atoms. The first-order chi connectivity index (χ1) is 7.79. The van der Waals surface area contributed by atoms with Crippen molar-refractivity contribution in [1.29, 1.82) is 0 Å². The fourth-order valence-electron chi connectivity index (χ4n) is 2.21. The van der Waals surface area contributed by atoms with Crippen LogP contribution in [-0.2, 0) is 6.54 Å². The van der Waals surface area contributed by atoms with Crippen molar-refractivity contribution in [3.63, 3.8) is 0 Å². The number of rotatable bonds is 4. The van der Waals surface area contributed by atoms with Crippen molar-refractivity contribution in [2.45, 2.75) is 38.0 Å². The molecule has 1 aromatic rings. The molecule has 1 aliphatic rings. The van der Waals surface area contributed by atoms with Crippen LogP contribution in [-0.4, -0.2) is 24.4 Å². The molecular formula is C13H19NO2. The molecule has 0 spiro atoms. The van der Waals surface area contributed by atoms with Crippen molar-refractivity contribution < 1.29 is 9.84 Å². The molecule has 1 saturated carbocycles. The number of nitrogens with one attached hydrogen (secondary N) is 1. The first-order valence-corrected chi connectivity index (χ1v) is 5.84. The zero-order valence-corrected chi connectivity index (χ0v) is 9.65. The zero-order chi connectivity index (χ0) is 11.4. The minimum atomic E-state index is -0.175. The molecular weight excluding hydrogens is 202 g/mol. The van der Waals surface area contributed by atoms with Gasteiger partial charge < -0.3 is 15.2 Å². The van der Waals surface area contributed by atoms with Crippen LogP contribution in [0.1, 0.15) is 24.8 Å². The highest BCUT2D eigenvalue weighted by Crippen LogP contribution is 2.19. The van der Waals surface area contributed by atoms with Crippen molar-refractivity contribution in [2.75, 3.05) is 7.11 Å². The van der Waals surface area contributed by atoms with Gasteiger partial charge in [0.1, 0.15) is 5.75 Å². The summed E-state index contributed by atoms with van der Waals surface area (Å²) in [6.07, 6.45) is 2.95. The standard InChI is InChI=1S/C13H19NO2/c1-16-11-5-2-4-10(8-11)9-14-12-6-3-7-13(12)15/h2,4-5,8,12-15H,3,6-7,9H2,1H3/t12-,13-/m0/s1. The molecule has 1 aliphatic carbocycles. The Morgan fingerprint density at radius 2 is 2.31 bits per heavy atom. The molecule has 88 valence electrons. The van der Waals surface area contributed by atoms with Crippen LogP contribution in [0.3, 0.4) is 0 Å². The van der Waals surface area contributed by atoms with Crippen molar-refractivity contribution in [3.05, 3.63) is 29.8 Å². The van der Waals surface area contributed by atoms with E-state index in [1.807, 2.05) is 18.2 Å². The minimum absolute atomic E-state index is 0.175. The van der Waals surface area contributed by atoms with Crippen LogP contribution in [0.2, 0.25) is 0 Å². The highest BCUT2D eigenvalue weighted by atomic mass is 16.5. The Morgan fingerprint density at radius 3 is 3.00 bits per heavy atom. The number of aliphatic hydroxyl groups excluding tert-OH is 1. The van der Waals surface area contributed by atoms with Crippen LogP contribution in [0.4, 0.5) is 0 Å². The molecule has 3 nitrogen and oxygen atoms in total. The first-order valence-electron chi connectivity index (χ1n) is 5.84. The number of methoxy groups -OCH3 is 1. The minimum Gasteiger partial charge on any atom is -0.497 e. The highest BCUT2D eigenvalue weighted by Gasteiger charge is 2.24. The molecule has 2 rings (SSSR count). The number of benzene rings is 1. The maximum Gasteiger partial charge on any atom is 0.119 e. The van der Waals surface area contributed by atoms with E-state index in [0.29, 0.717) is 0 Å². The number of aliphatic hydroxyl groups is 1. The molecule has 0 amide bonds. The third kappa shape index (κ3) is 2.74. The number of hydrogen-bond donors (Lipinski definition) is 2. The lowest BCUT2D eigenvalue weighted by atomic mass is 10.1. The second-order valence-corrected chi connectivity index (χ2v) is 4.34. The van der Waals surface area contributed by atoms with E-state index in [1.165, 1.54) is 5.56 Å². The summed E-state index contributed by atoms with van der Waals surface area (Å²) in [6, 6.07) is 8.27. The Hall–Kier alpha value is -1.06. The third-order valence-corrected chi connectivity index (χ3v) is 3.18. The molecule has 1 aromatic carbocycles.